The van der Waals surface area contributed by atoms with E-state index in [4.69, 9.17) is 20.0 Å². The number of nitriles is 2. The zero-order chi connectivity index (χ0) is 19.5. The smallest absolute Gasteiger partial charge is 0.253 e. The highest BCUT2D eigenvalue weighted by atomic mass is 16.5. The molecule has 8 heteroatoms. The monoisotopic (exact) mass is 363 g/mol. The molecule has 0 saturated carbocycles. The molecule has 27 heavy (non-hydrogen) atoms. The van der Waals surface area contributed by atoms with Gasteiger partial charge in [0.2, 0.25) is 5.71 Å². The van der Waals surface area contributed by atoms with Gasteiger partial charge in [0.25, 0.3) is 5.91 Å². The minimum absolute atomic E-state index is 0.291. The minimum Gasteiger partial charge on any atom is -0.497 e. The topological polar surface area (TPSA) is 120 Å². The first kappa shape index (κ1) is 19.3. The van der Waals surface area contributed by atoms with Crippen molar-refractivity contribution in [3.8, 4) is 23.6 Å². The summed E-state index contributed by atoms with van der Waals surface area (Å²) in [7, 11) is 1.59. The Morgan fingerprint density at radius 2 is 1.74 bits per heavy atom. The molecule has 0 bridgehead atoms. The van der Waals surface area contributed by atoms with Crippen molar-refractivity contribution in [1.29, 1.82) is 10.5 Å². The van der Waals surface area contributed by atoms with Crippen molar-refractivity contribution in [1.82, 2.24) is 5.32 Å². The fourth-order valence-corrected chi connectivity index (χ4v) is 2.07. The van der Waals surface area contributed by atoms with E-state index in [1.807, 2.05) is 0 Å². The van der Waals surface area contributed by atoms with Crippen molar-refractivity contribution in [3.63, 3.8) is 0 Å². The highest BCUT2D eigenvalue weighted by molar-refractivity contribution is 6.10. The summed E-state index contributed by atoms with van der Waals surface area (Å²) in [5.41, 5.74) is 2.94. The van der Waals surface area contributed by atoms with Gasteiger partial charge in [-0.1, -0.05) is 12.1 Å². The Morgan fingerprint density at radius 1 is 1.07 bits per heavy atom. The Bertz CT molecular complexity index is 879. The van der Waals surface area contributed by atoms with Gasteiger partial charge in [-0.05, 0) is 36.4 Å². The zero-order valence-electron chi connectivity index (χ0n) is 14.6. The molecule has 0 fully saturated rings. The molecule has 136 valence electrons. The maximum Gasteiger partial charge on any atom is 0.253 e. The van der Waals surface area contributed by atoms with E-state index in [2.05, 4.69) is 15.8 Å². The second-order valence-corrected chi connectivity index (χ2v) is 5.12. The molecule has 0 aliphatic rings. The van der Waals surface area contributed by atoms with Crippen molar-refractivity contribution in [2.75, 3.05) is 25.7 Å². The molecule has 2 aromatic carbocycles. The Hall–Kier alpha value is -4.04. The highest BCUT2D eigenvalue weighted by Gasteiger charge is 2.10. The van der Waals surface area contributed by atoms with E-state index < -0.39 is 0 Å². The van der Waals surface area contributed by atoms with Gasteiger partial charge in [-0.2, -0.15) is 15.6 Å². The normalized spacial score (nSPS) is 9.30. The third-order valence-corrected chi connectivity index (χ3v) is 3.39. The summed E-state index contributed by atoms with van der Waals surface area (Å²) in [4.78, 5) is 12.3. The molecular weight excluding hydrogens is 346 g/mol. The zero-order valence-corrected chi connectivity index (χ0v) is 14.6. The van der Waals surface area contributed by atoms with Crippen LogP contribution < -0.4 is 20.2 Å². The van der Waals surface area contributed by atoms with Gasteiger partial charge in [0.05, 0.1) is 24.9 Å². The number of nitrogens with one attached hydrogen (secondary N) is 2. The molecule has 0 saturated heterocycles. The number of benzene rings is 2. The van der Waals surface area contributed by atoms with Gasteiger partial charge >= 0.3 is 0 Å². The third kappa shape index (κ3) is 5.76. The first-order valence-corrected chi connectivity index (χ1v) is 7.96. The molecule has 2 N–H and O–H groups in total. The van der Waals surface area contributed by atoms with Crippen LogP contribution in [0.5, 0.6) is 11.5 Å². The number of carbonyl (C=O) groups is 1. The standard InChI is InChI=1S/C19H17N5O3/c1-26-15-6-8-16(9-7-15)27-11-10-22-19(25)17-4-2-3-5-18(17)24-23-14(12-20)13-21/h2-9,24H,10-11H2,1H3,(H,22,25). The van der Waals surface area contributed by atoms with Crippen LogP contribution >= 0.6 is 0 Å². The average molecular weight is 363 g/mol. The van der Waals surface area contributed by atoms with Crippen molar-refractivity contribution < 1.29 is 14.3 Å². The van der Waals surface area contributed by atoms with Gasteiger partial charge in [0, 0.05) is 0 Å². The lowest BCUT2D eigenvalue weighted by molar-refractivity contribution is 0.0948. The number of hydrazone groups is 1. The maximum atomic E-state index is 12.3. The molecule has 0 unspecified atom stereocenters. The van der Waals surface area contributed by atoms with Crippen LogP contribution in [0.1, 0.15) is 10.4 Å². The number of hydrogen-bond donors (Lipinski definition) is 2. The second kappa shape index (κ2) is 10.1. The predicted octanol–water partition coefficient (Wildman–Crippen LogP) is 2.32. The van der Waals surface area contributed by atoms with Gasteiger partial charge in [-0.15, -0.1) is 0 Å². The summed E-state index contributed by atoms with van der Waals surface area (Å²) in [6, 6.07) is 17.0. The predicted molar refractivity (Wildman–Crippen MR) is 99.5 cm³/mol. The molecule has 0 atom stereocenters. The molecule has 0 aromatic heterocycles. The summed E-state index contributed by atoms with van der Waals surface area (Å²) in [5, 5.41) is 23.8. The molecule has 0 spiro atoms. The number of anilines is 1. The van der Waals surface area contributed by atoms with E-state index in [0.717, 1.165) is 5.75 Å². The van der Waals surface area contributed by atoms with E-state index in [9.17, 15) is 4.79 Å². The lowest BCUT2D eigenvalue weighted by Gasteiger charge is -2.10. The Morgan fingerprint density at radius 3 is 2.41 bits per heavy atom. The number of nitrogens with zero attached hydrogens (tertiary/aromatic N) is 3. The number of amides is 1. The molecule has 2 aromatic rings. The molecule has 0 radical (unpaired) electrons. The van der Waals surface area contributed by atoms with Crippen molar-refractivity contribution in [3.05, 3.63) is 54.1 Å². The molecule has 0 aliphatic carbocycles. The molecule has 2 rings (SSSR count). The van der Waals surface area contributed by atoms with Gasteiger partial charge in [-0.25, -0.2) is 0 Å². The van der Waals surface area contributed by atoms with Crippen LogP contribution in [0.25, 0.3) is 0 Å². The van der Waals surface area contributed by atoms with Gasteiger partial charge in [0.15, 0.2) is 0 Å². The van der Waals surface area contributed by atoms with Crippen molar-refractivity contribution in [2.24, 2.45) is 5.10 Å². The van der Waals surface area contributed by atoms with Gasteiger partial charge < -0.3 is 14.8 Å². The van der Waals surface area contributed by atoms with Crippen LogP contribution in [-0.4, -0.2) is 31.9 Å². The summed E-state index contributed by atoms with van der Waals surface area (Å²) < 4.78 is 10.6. The van der Waals surface area contributed by atoms with Gasteiger partial charge in [0.1, 0.15) is 30.2 Å². The van der Waals surface area contributed by atoms with Crippen LogP contribution in [0.4, 0.5) is 5.69 Å². The molecular formula is C19H17N5O3. The third-order valence-electron chi connectivity index (χ3n) is 3.39. The maximum absolute atomic E-state index is 12.3. The van der Waals surface area contributed by atoms with E-state index in [0.29, 0.717) is 30.2 Å². The lowest BCUT2D eigenvalue weighted by atomic mass is 10.1. The van der Waals surface area contributed by atoms with E-state index in [1.165, 1.54) is 0 Å². The van der Waals surface area contributed by atoms with Crippen molar-refractivity contribution in [2.45, 2.75) is 0 Å². The minimum atomic E-state index is -0.335. The quantitative estimate of drug-likeness (QED) is 0.422. The lowest BCUT2D eigenvalue weighted by Crippen LogP contribution is -2.28. The summed E-state index contributed by atoms with van der Waals surface area (Å²) >= 11 is 0. The first-order chi connectivity index (χ1) is 13.2. The van der Waals surface area contributed by atoms with Crippen LogP contribution in [0, 0.1) is 22.7 Å². The first-order valence-electron chi connectivity index (χ1n) is 7.96. The molecule has 0 aliphatic heterocycles. The Balaban J connectivity index is 1.89. The summed E-state index contributed by atoms with van der Waals surface area (Å²) in [6.45, 7) is 0.586. The van der Waals surface area contributed by atoms with Crippen molar-refractivity contribution >= 4 is 17.3 Å². The number of para-hydroxylation sites is 1. The largest absolute Gasteiger partial charge is 0.497 e. The number of methoxy groups -OCH3 is 1. The number of ether oxygens (including phenoxy) is 2. The van der Waals surface area contributed by atoms with Crippen LogP contribution in [0.2, 0.25) is 0 Å². The molecule has 0 heterocycles. The fraction of sp³-hybridized carbons (Fsp3) is 0.158. The summed E-state index contributed by atoms with van der Waals surface area (Å²) in [5.74, 6) is 1.07. The van der Waals surface area contributed by atoms with Crippen LogP contribution in [0.15, 0.2) is 53.6 Å². The molecule has 1 amide bonds. The van der Waals surface area contributed by atoms with Crippen LogP contribution in [-0.2, 0) is 0 Å². The highest BCUT2D eigenvalue weighted by Crippen LogP contribution is 2.17. The fourth-order valence-electron chi connectivity index (χ4n) is 2.07. The SMILES string of the molecule is COc1ccc(OCCNC(=O)c2ccccc2NN=C(C#N)C#N)cc1. The Labute approximate surface area is 156 Å². The average Bonchev–Trinajstić information content (AvgIpc) is 2.72. The second-order valence-electron chi connectivity index (χ2n) is 5.12. The summed E-state index contributed by atoms with van der Waals surface area (Å²) in [6.07, 6.45) is 0. The Kier molecular flexibility index (Phi) is 7.19. The molecule has 8 nitrogen and oxygen atoms in total. The van der Waals surface area contributed by atoms with E-state index in [-0.39, 0.29) is 11.6 Å². The van der Waals surface area contributed by atoms with E-state index in [1.54, 1.807) is 67.8 Å². The number of hydrogen-bond acceptors (Lipinski definition) is 7. The number of carbonyl (C=O) groups excluding carboxylic acids is 1. The van der Waals surface area contributed by atoms with Crippen LogP contribution in [0.3, 0.4) is 0 Å². The van der Waals surface area contributed by atoms with E-state index >= 15 is 0 Å². The van der Waals surface area contributed by atoms with Gasteiger partial charge in [-0.3, -0.25) is 10.2 Å². The number of rotatable bonds is 8.